The van der Waals surface area contributed by atoms with Crippen LogP contribution in [-0.4, -0.2) is 14.5 Å². The van der Waals surface area contributed by atoms with Crippen LogP contribution in [0.5, 0.6) is 0 Å². The molecule has 0 amide bonds. The zero-order chi connectivity index (χ0) is 15.7. The first kappa shape index (κ1) is 18.3. The van der Waals surface area contributed by atoms with Gasteiger partial charge in [0.05, 0.1) is 0 Å². The molecule has 0 bridgehead atoms. The second kappa shape index (κ2) is 9.29. The summed E-state index contributed by atoms with van der Waals surface area (Å²) in [5.74, 6) is 0. The van der Waals surface area contributed by atoms with E-state index in [4.69, 9.17) is 12.2 Å². The maximum atomic E-state index is 5.03. The molecule has 0 aliphatic rings. The van der Waals surface area contributed by atoms with Crippen LogP contribution in [0.2, 0.25) is 0 Å². The summed E-state index contributed by atoms with van der Waals surface area (Å²) in [4.78, 5) is 0. The quantitative estimate of drug-likeness (QED) is 0.545. The van der Waals surface area contributed by atoms with E-state index in [0.29, 0.717) is 0 Å². The minimum atomic E-state index is 0.278. The van der Waals surface area contributed by atoms with Gasteiger partial charge in [-0.15, -0.1) is 23.5 Å². The topological polar surface area (TPSA) is 0 Å². The molecule has 0 saturated heterocycles. The lowest BCUT2D eigenvalue weighted by Gasteiger charge is -2.16. The van der Waals surface area contributed by atoms with E-state index in [9.17, 15) is 0 Å². The molecule has 0 spiro atoms. The standard InChI is InChI=1S/C12H10.C6H12S3/c1-3-7-11(8-4-1)12-9-5-2-6-10-12;1-6(2,3)9-5(7)8-4/h1-10H;1-4H3. The van der Waals surface area contributed by atoms with Crippen molar-refractivity contribution in [3.63, 3.8) is 0 Å². The highest BCUT2D eigenvalue weighted by atomic mass is 32.2. The van der Waals surface area contributed by atoms with Crippen LogP contribution in [0, 0.1) is 0 Å². The Balaban J connectivity index is 0.000000222. The smallest absolute Gasteiger partial charge is 0.104 e. The molecule has 0 N–H and O–H groups in total. The molecule has 0 fully saturated rings. The number of benzene rings is 2. The summed E-state index contributed by atoms with van der Waals surface area (Å²) in [5.41, 5.74) is 2.55. The fourth-order valence-electron chi connectivity index (χ4n) is 1.55. The van der Waals surface area contributed by atoms with Gasteiger partial charge in [0.25, 0.3) is 0 Å². The second-order valence-corrected chi connectivity index (χ2v) is 9.24. The predicted molar refractivity (Wildman–Crippen MR) is 105 cm³/mol. The summed E-state index contributed by atoms with van der Waals surface area (Å²) in [7, 11) is 0. The van der Waals surface area contributed by atoms with Gasteiger partial charge in [0, 0.05) is 4.75 Å². The molecule has 0 aromatic heterocycles. The summed E-state index contributed by atoms with van der Waals surface area (Å²) < 4.78 is 1.31. The predicted octanol–water partition coefficient (Wildman–Crippen LogP) is 6.52. The van der Waals surface area contributed by atoms with Crippen molar-refractivity contribution in [3.8, 4) is 11.1 Å². The summed E-state index contributed by atoms with van der Waals surface area (Å²) in [6, 6.07) is 20.8. The average molecular weight is 335 g/mol. The highest BCUT2D eigenvalue weighted by Gasteiger charge is 2.12. The Morgan fingerprint density at radius 1 is 0.810 bits per heavy atom. The lowest BCUT2D eigenvalue weighted by atomic mass is 10.1. The fourth-order valence-corrected chi connectivity index (χ4v) is 3.89. The summed E-state index contributed by atoms with van der Waals surface area (Å²) in [6.07, 6.45) is 2.01. The monoisotopic (exact) mass is 334 g/mol. The van der Waals surface area contributed by atoms with Crippen molar-refractivity contribution < 1.29 is 0 Å². The molecule has 0 heterocycles. The van der Waals surface area contributed by atoms with Crippen LogP contribution in [0.15, 0.2) is 60.7 Å². The lowest BCUT2D eigenvalue weighted by molar-refractivity contribution is 0.809. The average Bonchev–Trinajstić information content (AvgIpc) is 2.48. The van der Waals surface area contributed by atoms with E-state index >= 15 is 0 Å². The molecule has 0 unspecified atom stereocenters. The SMILES string of the molecule is CSC(=S)SC(C)(C)C.c1ccc(-c2ccccc2)cc1. The van der Waals surface area contributed by atoms with Gasteiger partial charge < -0.3 is 0 Å². The van der Waals surface area contributed by atoms with Crippen molar-refractivity contribution in [3.05, 3.63) is 60.7 Å². The summed E-state index contributed by atoms with van der Waals surface area (Å²) in [5, 5.41) is 0. The number of thiocarbonyl (C=S) groups is 1. The Morgan fingerprint density at radius 3 is 1.43 bits per heavy atom. The van der Waals surface area contributed by atoms with E-state index in [2.05, 4.69) is 69.3 Å². The summed E-state index contributed by atoms with van der Waals surface area (Å²) >= 11 is 8.43. The zero-order valence-corrected chi connectivity index (χ0v) is 15.4. The van der Waals surface area contributed by atoms with E-state index in [1.54, 1.807) is 23.5 Å². The van der Waals surface area contributed by atoms with Crippen molar-refractivity contribution in [1.29, 1.82) is 0 Å². The van der Waals surface area contributed by atoms with Crippen molar-refractivity contribution >= 4 is 39.3 Å². The molecule has 3 heteroatoms. The van der Waals surface area contributed by atoms with E-state index in [0.717, 1.165) is 3.53 Å². The maximum Gasteiger partial charge on any atom is 0.104 e. The van der Waals surface area contributed by atoms with Gasteiger partial charge in [-0.1, -0.05) is 93.7 Å². The number of hydrogen-bond acceptors (Lipinski definition) is 3. The zero-order valence-electron chi connectivity index (χ0n) is 13.0. The van der Waals surface area contributed by atoms with Crippen molar-refractivity contribution in [1.82, 2.24) is 0 Å². The molecule has 21 heavy (non-hydrogen) atoms. The normalized spacial score (nSPS) is 10.5. The Kier molecular flexibility index (Phi) is 8.09. The fraction of sp³-hybridized carbons (Fsp3) is 0.278. The molecule has 0 aliphatic heterocycles. The molecule has 0 atom stereocenters. The van der Waals surface area contributed by atoms with Gasteiger partial charge >= 0.3 is 0 Å². The Labute approximate surface area is 142 Å². The molecule has 0 radical (unpaired) electrons. The van der Waals surface area contributed by atoms with Gasteiger partial charge in [0.1, 0.15) is 3.53 Å². The van der Waals surface area contributed by atoms with Crippen LogP contribution in [0.3, 0.4) is 0 Å². The van der Waals surface area contributed by atoms with E-state index in [1.807, 2.05) is 18.4 Å². The molecule has 2 aromatic rings. The molecular formula is C18H22S3. The molecule has 0 aliphatic carbocycles. The Morgan fingerprint density at radius 2 is 1.19 bits per heavy atom. The third-order valence-electron chi connectivity index (χ3n) is 2.44. The van der Waals surface area contributed by atoms with Gasteiger partial charge in [0.2, 0.25) is 0 Å². The highest BCUT2D eigenvalue weighted by molar-refractivity contribution is 8.47. The number of hydrogen-bond donors (Lipinski definition) is 0. The van der Waals surface area contributed by atoms with Gasteiger partial charge in [-0.25, -0.2) is 0 Å². The van der Waals surface area contributed by atoms with E-state index in [-0.39, 0.29) is 4.75 Å². The maximum absolute atomic E-state index is 5.03. The molecule has 0 nitrogen and oxygen atoms in total. The molecule has 2 aromatic carbocycles. The van der Waals surface area contributed by atoms with Crippen LogP contribution in [0.25, 0.3) is 11.1 Å². The third kappa shape index (κ3) is 8.30. The van der Waals surface area contributed by atoms with Crippen LogP contribution >= 0.6 is 35.7 Å². The third-order valence-corrected chi connectivity index (χ3v) is 5.05. The first-order chi connectivity index (χ1) is 9.92. The van der Waals surface area contributed by atoms with Crippen molar-refractivity contribution in [2.24, 2.45) is 0 Å². The minimum Gasteiger partial charge on any atom is -0.111 e. The van der Waals surface area contributed by atoms with Gasteiger partial charge in [-0.3, -0.25) is 0 Å². The number of rotatable bonds is 1. The largest absolute Gasteiger partial charge is 0.111 e. The Hall–Kier alpha value is -0.770. The van der Waals surface area contributed by atoms with Crippen LogP contribution in [0.1, 0.15) is 20.8 Å². The minimum absolute atomic E-state index is 0.278. The van der Waals surface area contributed by atoms with E-state index in [1.165, 1.54) is 11.1 Å². The van der Waals surface area contributed by atoms with Crippen LogP contribution in [0.4, 0.5) is 0 Å². The highest BCUT2D eigenvalue weighted by Crippen LogP contribution is 2.28. The van der Waals surface area contributed by atoms with Crippen LogP contribution in [-0.2, 0) is 0 Å². The van der Waals surface area contributed by atoms with Gasteiger partial charge in [0.15, 0.2) is 0 Å². The van der Waals surface area contributed by atoms with Crippen LogP contribution < -0.4 is 0 Å². The van der Waals surface area contributed by atoms with Crippen molar-refractivity contribution in [2.75, 3.05) is 6.26 Å². The Bertz CT molecular complexity index is 490. The molecule has 0 saturated carbocycles. The van der Waals surface area contributed by atoms with Gasteiger partial charge in [-0.05, 0) is 17.4 Å². The summed E-state index contributed by atoms with van der Waals surface area (Å²) in [6.45, 7) is 6.50. The molecule has 2 rings (SSSR count). The molecular weight excluding hydrogens is 312 g/mol. The van der Waals surface area contributed by atoms with E-state index < -0.39 is 0 Å². The first-order valence-corrected chi connectivity index (χ1v) is 9.25. The number of thioether (sulfide) groups is 2. The first-order valence-electron chi connectivity index (χ1n) is 6.80. The lowest BCUT2D eigenvalue weighted by Crippen LogP contribution is -2.08. The van der Waals surface area contributed by atoms with Crippen molar-refractivity contribution in [2.45, 2.75) is 25.5 Å². The molecule has 112 valence electrons. The van der Waals surface area contributed by atoms with Gasteiger partial charge in [-0.2, -0.15) is 0 Å². The second-order valence-electron chi connectivity index (χ2n) is 5.40.